The van der Waals surface area contributed by atoms with E-state index >= 15 is 0 Å². The van der Waals surface area contributed by atoms with Crippen molar-refractivity contribution in [1.82, 2.24) is 0 Å². The molecule has 2 rings (SSSR count). The summed E-state index contributed by atoms with van der Waals surface area (Å²) in [4.78, 5) is 21.1. The van der Waals surface area contributed by atoms with Gasteiger partial charge in [0.2, 0.25) is 0 Å². The molecule has 0 aromatic heterocycles. The Morgan fingerprint density at radius 1 is 1.05 bits per heavy atom. The minimum atomic E-state index is -0.396. The molecule has 1 aliphatic rings. The van der Waals surface area contributed by atoms with Gasteiger partial charge < -0.3 is 4.74 Å². The fourth-order valence-corrected chi connectivity index (χ4v) is 1.71. The zero-order chi connectivity index (χ0) is 14.4. The molecule has 3 nitrogen and oxygen atoms in total. The largest absolute Gasteiger partial charge is 0.393 e. The van der Waals surface area contributed by atoms with Gasteiger partial charge in [0, 0.05) is 0 Å². The molecule has 0 amide bonds. The Hall–Kier alpha value is -1.64. The molecule has 0 spiro atoms. The predicted octanol–water partition coefficient (Wildman–Crippen LogP) is 3.54. The SMILES string of the molecule is CC1C(=O)OC(=O)C1C.CCC(C)c1ccccc1. The fraction of sp³-hybridized carbons (Fsp3) is 0.500. The van der Waals surface area contributed by atoms with Crippen LogP contribution in [-0.2, 0) is 14.3 Å². The van der Waals surface area contributed by atoms with Crippen molar-refractivity contribution >= 4 is 11.9 Å². The van der Waals surface area contributed by atoms with Gasteiger partial charge in [-0.05, 0) is 17.9 Å². The van der Waals surface area contributed by atoms with Crippen LogP contribution in [0.2, 0.25) is 0 Å². The normalized spacial score (nSPS) is 23.4. The summed E-state index contributed by atoms with van der Waals surface area (Å²) in [6.45, 7) is 7.86. The molecular weight excluding hydrogens is 240 g/mol. The Morgan fingerprint density at radius 3 is 1.84 bits per heavy atom. The van der Waals surface area contributed by atoms with Crippen molar-refractivity contribution in [3.8, 4) is 0 Å². The molecule has 3 heteroatoms. The van der Waals surface area contributed by atoms with Crippen LogP contribution in [0, 0.1) is 11.8 Å². The standard InChI is InChI=1S/C10H14.C6H8O3/c1-3-9(2)10-7-5-4-6-8-10;1-3-4(2)6(8)9-5(3)7/h4-9H,3H2,1-2H3;3-4H,1-2H3. The average molecular weight is 262 g/mol. The van der Waals surface area contributed by atoms with Crippen LogP contribution in [0.1, 0.15) is 45.6 Å². The third-order valence-electron chi connectivity index (χ3n) is 3.68. The second-order valence-corrected chi connectivity index (χ2v) is 5.04. The summed E-state index contributed by atoms with van der Waals surface area (Å²) in [5.74, 6) is -0.587. The summed E-state index contributed by atoms with van der Waals surface area (Å²) < 4.78 is 4.31. The van der Waals surface area contributed by atoms with Gasteiger partial charge in [0.15, 0.2) is 0 Å². The van der Waals surface area contributed by atoms with Crippen LogP contribution < -0.4 is 0 Å². The summed E-state index contributed by atoms with van der Waals surface area (Å²) in [6.07, 6.45) is 1.23. The first-order valence-corrected chi connectivity index (χ1v) is 6.77. The molecule has 0 radical (unpaired) electrons. The second-order valence-electron chi connectivity index (χ2n) is 5.04. The van der Waals surface area contributed by atoms with E-state index in [2.05, 4.69) is 48.9 Å². The van der Waals surface area contributed by atoms with E-state index in [0.29, 0.717) is 5.92 Å². The third kappa shape index (κ3) is 4.19. The van der Waals surface area contributed by atoms with Crippen molar-refractivity contribution in [2.45, 2.75) is 40.0 Å². The van der Waals surface area contributed by atoms with Crippen LogP contribution in [0.25, 0.3) is 0 Å². The van der Waals surface area contributed by atoms with Crippen LogP contribution in [0.15, 0.2) is 30.3 Å². The van der Waals surface area contributed by atoms with Crippen LogP contribution in [0.3, 0.4) is 0 Å². The van der Waals surface area contributed by atoms with E-state index in [-0.39, 0.29) is 11.8 Å². The van der Waals surface area contributed by atoms with Crippen molar-refractivity contribution < 1.29 is 14.3 Å². The molecule has 0 saturated carbocycles. The van der Waals surface area contributed by atoms with E-state index in [1.54, 1.807) is 13.8 Å². The van der Waals surface area contributed by atoms with Gasteiger partial charge in [-0.25, -0.2) is 0 Å². The van der Waals surface area contributed by atoms with E-state index < -0.39 is 11.9 Å². The maximum absolute atomic E-state index is 10.6. The first kappa shape index (κ1) is 15.4. The molecular formula is C16H22O3. The van der Waals surface area contributed by atoms with E-state index in [9.17, 15) is 9.59 Å². The minimum absolute atomic E-state index is 0.252. The van der Waals surface area contributed by atoms with Gasteiger partial charge in [-0.3, -0.25) is 9.59 Å². The average Bonchev–Trinajstić information content (AvgIpc) is 2.66. The molecule has 19 heavy (non-hydrogen) atoms. The number of hydrogen-bond donors (Lipinski definition) is 0. The molecule has 1 aliphatic heterocycles. The number of carbonyl (C=O) groups excluding carboxylic acids is 2. The zero-order valence-corrected chi connectivity index (χ0v) is 12.1. The quantitative estimate of drug-likeness (QED) is 0.605. The van der Waals surface area contributed by atoms with E-state index in [4.69, 9.17) is 0 Å². The van der Waals surface area contributed by atoms with Crippen molar-refractivity contribution in [3.05, 3.63) is 35.9 Å². The van der Waals surface area contributed by atoms with Crippen molar-refractivity contribution in [2.75, 3.05) is 0 Å². The van der Waals surface area contributed by atoms with Crippen molar-refractivity contribution in [2.24, 2.45) is 11.8 Å². The highest BCUT2D eigenvalue weighted by Gasteiger charge is 2.37. The summed E-state index contributed by atoms with van der Waals surface area (Å²) in [5.41, 5.74) is 1.45. The monoisotopic (exact) mass is 262 g/mol. The molecule has 104 valence electrons. The zero-order valence-electron chi connectivity index (χ0n) is 12.1. The lowest BCUT2D eigenvalue weighted by Crippen LogP contribution is -2.09. The molecule has 1 aromatic carbocycles. The third-order valence-corrected chi connectivity index (χ3v) is 3.68. The van der Waals surface area contributed by atoms with Gasteiger partial charge in [0.05, 0.1) is 11.8 Å². The Balaban J connectivity index is 0.000000191. The Bertz CT molecular complexity index is 407. The number of rotatable bonds is 2. The maximum atomic E-state index is 10.6. The highest BCUT2D eigenvalue weighted by Crippen LogP contribution is 2.21. The summed E-state index contributed by atoms with van der Waals surface area (Å²) in [7, 11) is 0. The Labute approximate surface area is 115 Å². The number of ether oxygens (including phenoxy) is 1. The second kappa shape index (κ2) is 7.07. The van der Waals surface area contributed by atoms with Gasteiger partial charge in [-0.15, -0.1) is 0 Å². The molecule has 1 aromatic rings. The number of cyclic esters (lactones) is 2. The van der Waals surface area contributed by atoms with Gasteiger partial charge >= 0.3 is 11.9 Å². The Morgan fingerprint density at radius 2 is 1.53 bits per heavy atom. The molecule has 3 unspecified atom stereocenters. The lowest BCUT2D eigenvalue weighted by atomic mass is 9.99. The van der Waals surface area contributed by atoms with Crippen molar-refractivity contribution in [3.63, 3.8) is 0 Å². The molecule has 1 saturated heterocycles. The van der Waals surface area contributed by atoms with Crippen LogP contribution in [-0.4, -0.2) is 11.9 Å². The summed E-state index contributed by atoms with van der Waals surface area (Å²) in [5, 5.41) is 0. The van der Waals surface area contributed by atoms with Gasteiger partial charge in [0.25, 0.3) is 0 Å². The maximum Gasteiger partial charge on any atom is 0.317 e. The molecule has 3 atom stereocenters. The summed E-state index contributed by atoms with van der Waals surface area (Å²) in [6, 6.07) is 10.6. The number of carbonyl (C=O) groups is 2. The highest BCUT2D eigenvalue weighted by atomic mass is 16.6. The molecule has 1 heterocycles. The van der Waals surface area contributed by atoms with E-state index in [1.165, 1.54) is 12.0 Å². The van der Waals surface area contributed by atoms with Crippen LogP contribution in [0.4, 0.5) is 0 Å². The summed E-state index contributed by atoms with van der Waals surface area (Å²) >= 11 is 0. The minimum Gasteiger partial charge on any atom is -0.393 e. The van der Waals surface area contributed by atoms with E-state index in [0.717, 1.165) is 0 Å². The van der Waals surface area contributed by atoms with E-state index in [1.807, 2.05) is 0 Å². The number of esters is 2. The first-order chi connectivity index (χ1) is 8.97. The molecule has 0 aliphatic carbocycles. The van der Waals surface area contributed by atoms with Crippen molar-refractivity contribution in [1.29, 1.82) is 0 Å². The van der Waals surface area contributed by atoms with Gasteiger partial charge in [0.1, 0.15) is 0 Å². The predicted molar refractivity (Wildman–Crippen MR) is 74.6 cm³/mol. The molecule has 0 bridgehead atoms. The highest BCUT2D eigenvalue weighted by molar-refractivity contribution is 5.95. The van der Waals surface area contributed by atoms with Gasteiger partial charge in [-0.2, -0.15) is 0 Å². The topological polar surface area (TPSA) is 43.4 Å². The lowest BCUT2D eigenvalue weighted by molar-refractivity contribution is -0.153. The fourth-order valence-electron chi connectivity index (χ4n) is 1.71. The number of hydrogen-bond acceptors (Lipinski definition) is 3. The lowest BCUT2D eigenvalue weighted by Gasteiger charge is -2.06. The van der Waals surface area contributed by atoms with Crippen LogP contribution >= 0.6 is 0 Å². The molecule has 0 N–H and O–H groups in total. The smallest absolute Gasteiger partial charge is 0.317 e. The molecule has 1 fully saturated rings. The Kier molecular flexibility index (Phi) is 5.74. The first-order valence-electron chi connectivity index (χ1n) is 6.77. The van der Waals surface area contributed by atoms with Gasteiger partial charge in [-0.1, -0.05) is 58.0 Å². The number of benzene rings is 1. The van der Waals surface area contributed by atoms with Crippen LogP contribution in [0.5, 0.6) is 0 Å².